The molecule has 0 aliphatic carbocycles. The van der Waals surface area contributed by atoms with Crippen molar-refractivity contribution in [1.29, 1.82) is 0 Å². The number of hydrogen-bond acceptors (Lipinski definition) is 1. The maximum absolute atomic E-state index is 12.2. The zero-order valence-corrected chi connectivity index (χ0v) is 11.2. The molecule has 3 nitrogen and oxygen atoms in total. The first-order chi connectivity index (χ1) is 8.06. The summed E-state index contributed by atoms with van der Waals surface area (Å²) in [5.41, 5.74) is 0.571. The first-order valence-electron chi connectivity index (χ1n) is 5.63. The van der Waals surface area contributed by atoms with Crippen molar-refractivity contribution in [2.45, 2.75) is 0 Å². The Kier molecular flexibility index (Phi) is 3.92. The lowest BCUT2D eigenvalue weighted by Crippen LogP contribution is -3.12. The molecule has 0 aromatic heterocycles. The van der Waals surface area contributed by atoms with Crippen LogP contribution in [0.4, 0.5) is 0 Å². The summed E-state index contributed by atoms with van der Waals surface area (Å²) in [7, 11) is 2.14. The number of rotatable bonds is 1. The summed E-state index contributed by atoms with van der Waals surface area (Å²) in [4.78, 5) is 15.5. The van der Waals surface area contributed by atoms with Gasteiger partial charge in [-0.2, -0.15) is 0 Å². The van der Waals surface area contributed by atoms with Crippen LogP contribution in [0, 0.1) is 0 Å². The summed E-state index contributed by atoms with van der Waals surface area (Å²) in [5, 5.41) is 1.00. The van der Waals surface area contributed by atoms with E-state index in [9.17, 15) is 4.79 Å². The Morgan fingerprint density at radius 2 is 1.71 bits per heavy atom. The van der Waals surface area contributed by atoms with Gasteiger partial charge in [-0.25, -0.2) is 0 Å². The van der Waals surface area contributed by atoms with Crippen LogP contribution in [0.5, 0.6) is 0 Å². The lowest BCUT2D eigenvalue weighted by atomic mass is 10.2. The van der Waals surface area contributed by atoms with Crippen LogP contribution in [-0.2, 0) is 0 Å². The molecule has 1 heterocycles. The molecule has 1 fully saturated rings. The van der Waals surface area contributed by atoms with E-state index in [2.05, 4.69) is 7.05 Å². The molecule has 1 N–H and O–H groups in total. The minimum atomic E-state index is 0.0156. The van der Waals surface area contributed by atoms with Gasteiger partial charge in [0.2, 0.25) is 0 Å². The van der Waals surface area contributed by atoms with Gasteiger partial charge in [0.05, 0.1) is 33.2 Å². The molecule has 92 valence electrons. The van der Waals surface area contributed by atoms with Crippen molar-refractivity contribution in [3.05, 3.63) is 33.8 Å². The Bertz CT molecular complexity index is 408. The van der Waals surface area contributed by atoms with Crippen LogP contribution < -0.4 is 4.90 Å². The largest absolute Gasteiger partial charge is 0.334 e. The Labute approximate surface area is 111 Å². The summed E-state index contributed by atoms with van der Waals surface area (Å²) in [6.07, 6.45) is 0. The quantitative estimate of drug-likeness (QED) is 0.810. The van der Waals surface area contributed by atoms with Gasteiger partial charge < -0.3 is 9.80 Å². The van der Waals surface area contributed by atoms with Crippen molar-refractivity contribution in [3.63, 3.8) is 0 Å². The number of nitrogens with zero attached hydrogens (tertiary/aromatic N) is 1. The van der Waals surface area contributed by atoms with Crippen molar-refractivity contribution in [2.24, 2.45) is 0 Å². The summed E-state index contributed by atoms with van der Waals surface area (Å²) in [5.74, 6) is 0.0156. The molecule has 2 rings (SSSR count). The van der Waals surface area contributed by atoms with Gasteiger partial charge in [0.1, 0.15) is 0 Å². The van der Waals surface area contributed by atoms with Crippen LogP contribution >= 0.6 is 23.2 Å². The van der Waals surface area contributed by atoms with E-state index in [0.717, 1.165) is 26.2 Å². The molecular formula is C12H15Cl2N2O+. The van der Waals surface area contributed by atoms with E-state index < -0.39 is 0 Å². The average Bonchev–Trinajstić information content (AvgIpc) is 2.28. The van der Waals surface area contributed by atoms with E-state index >= 15 is 0 Å². The third-order valence-electron chi connectivity index (χ3n) is 3.01. The van der Waals surface area contributed by atoms with E-state index in [0.29, 0.717) is 15.6 Å². The lowest BCUT2D eigenvalue weighted by molar-refractivity contribution is -0.883. The van der Waals surface area contributed by atoms with Gasteiger partial charge in [0.25, 0.3) is 5.91 Å². The first kappa shape index (κ1) is 12.7. The van der Waals surface area contributed by atoms with Gasteiger partial charge in [0.15, 0.2) is 0 Å². The van der Waals surface area contributed by atoms with Gasteiger partial charge in [-0.1, -0.05) is 23.2 Å². The summed E-state index contributed by atoms with van der Waals surface area (Å²) in [6.45, 7) is 3.55. The van der Waals surface area contributed by atoms with Crippen molar-refractivity contribution in [2.75, 3.05) is 33.2 Å². The molecule has 0 atom stereocenters. The van der Waals surface area contributed by atoms with Crippen LogP contribution in [-0.4, -0.2) is 44.0 Å². The van der Waals surface area contributed by atoms with Crippen molar-refractivity contribution >= 4 is 29.1 Å². The fourth-order valence-corrected chi connectivity index (χ4v) is 2.48. The number of carbonyl (C=O) groups is 1. The Morgan fingerprint density at radius 1 is 1.18 bits per heavy atom. The highest BCUT2D eigenvalue weighted by molar-refractivity contribution is 6.35. The maximum Gasteiger partial charge on any atom is 0.254 e. The second-order valence-electron chi connectivity index (χ2n) is 4.41. The molecule has 1 aromatic carbocycles. The third-order valence-corrected chi connectivity index (χ3v) is 3.45. The van der Waals surface area contributed by atoms with Gasteiger partial charge in [-0.15, -0.1) is 0 Å². The van der Waals surface area contributed by atoms with Gasteiger partial charge in [-0.3, -0.25) is 4.79 Å². The first-order valence-corrected chi connectivity index (χ1v) is 6.38. The van der Waals surface area contributed by atoms with Crippen LogP contribution in [0.2, 0.25) is 10.0 Å². The SMILES string of the molecule is C[NH+]1CCN(C(=O)c2cc(Cl)cc(Cl)c2)CC1. The van der Waals surface area contributed by atoms with Crippen LogP contribution in [0.25, 0.3) is 0 Å². The molecule has 1 aliphatic rings. The molecule has 1 aliphatic heterocycles. The van der Waals surface area contributed by atoms with Crippen molar-refractivity contribution in [3.8, 4) is 0 Å². The topological polar surface area (TPSA) is 24.8 Å². The standard InChI is InChI=1S/C12H14Cl2N2O/c1-15-2-4-16(5-3-15)12(17)9-6-10(13)8-11(14)7-9/h6-8H,2-5H2,1H3/p+1. The summed E-state index contributed by atoms with van der Waals surface area (Å²) in [6, 6.07) is 4.97. The second-order valence-corrected chi connectivity index (χ2v) is 5.28. The minimum absolute atomic E-state index is 0.0156. The number of nitrogens with one attached hydrogen (secondary N) is 1. The maximum atomic E-state index is 12.2. The number of amides is 1. The summed E-state index contributed by atoms with van der Waals surface area (Å²) >= 11 is 11.8. The van der Waals surface area contributed by atoms with Crippen LogP contribution in [0.15, 0.2) is 18.2 Å². The Hall–Kier alpha value is -0.770. The van der Waals surface area contributed by atoms with Crippen LogP contribution in [0.3, 0.4) is 0 Å². The number of likely N-dealkylation sites (N-methyl/N-ethyl adjacent to an activating group) is 1. The lowest BCUT2D eigenvalue weighted by Gasteiger charge is -2.30. The highest BCUT2D eigenvalue weighted by atomic mass is 35.5. The molecule has 5 heteroatoms. The highest BCUT2D eigenvalue weighted by Crippen LogP contribution is 2.20. The van der Waals surface area contributed by atoms with E-state index in [1.54, 1.807) is 18.2 Å². The minimum Gasteiger partial charge on any atom is -0.334 e. The van der Waals surface area contributed by atoms with E-state index in [4.69, 9.17) is 23.2 Å². The zero-order valence-electron chi connectivity index (χ0n) is 9.67. The molecule has 17 heavy (non-hydrogen) atoms. The van der Waals surface area contributed by atoms with E-state index in [1.807, 2.05) is 4.90 Å². The average molecular weight is 274 g/mol. The molecule has 1 amide bonds. The van der Waals surface area contributed by atoms with Crippen molar-refractivity contribution < 1.29 is 9.69 Å². The van der Waals surface area contributed by atoms with E-state index in [-0.39, 0.29) is 5.91 Å². The molecule has 1 aromatic rings. The predicted octanol–water partition coefficient (Wildman–Crippen LogP) is 0.964. The number of quaternary nitrogens is 1. The molecule has 0 unspecified atom stereocenters. The number of carbonyl (C=O) groups excluding carboxylic acids is 1. The normalized spacial score (nSPS) is 17.2. The van der Waals surface area contributed by atoms with Gasteiger partial charge in [0, 0.05) is 15.6 Å². The smallest absolute Gasteiger partial charge is 0.254 e. The van der Waals surface area contributed by atoms with Gasteiger partial charge >= 0.3 is 0 Å². The number of halogens is 2. The monoisotopic (exact) mass is 273 g/mol. The van der Waals surface area contributed by atoms with E-state index in [1.165, 1.54) is 4.90 Å². The fourth-order valence-electron chi connectivity index (χ4n) is 1.95. The second kappa shape index (κ2) is 5.25. The Morgan fingerprint density at radius 3 is 2.24 bits per heavy atom. The molecule has 0 bridgehead atoms. The predicted molar refractivity (Wildman–Crippen MR) is 69.0 cm³/mol. The summed E-state index contributed by atoms with van der Waals surface area (Å²) < 4.78 is 0. The van der Waals surface area contributed by atoms with Gasteiger partial charge in [-0.05, 0) is 18.2 Å². The molecule has 0 radical (unpaired) electrons. The Balaban J connectivity index is 2.14. The zero-order chi connectivity index (χ0) is 12.4. The molecular weight excluding hydrogens is 259 g/mol. The molecule has 0 saturated carbocycles. The third kappa shape index (κ3) is 3.12. The highest BCUT2D eigenvalue weighted by Gasteiger charge is 2.22. The fraction of sp³-hybridized carbons (Fsp3) is 0.417. The number of benzene rings is 1. The van der Waals surface area contributed by atoms with Crippen molar-refractivity contribution in [1.82, 2.24) is 4.90 Å². The molecule has 0 spiro atoms. The number of hydrogen-bond donors (Lipinski definition) is 1. The number of piperazine rings is 1. The van der Waals surface area contributed by atoms with Crippen LogP contribution in [0.1, 0.15) is 10.4 Å². The molecule has 1 saturated heterocycles.